The van der Waals surface area contributed by atoms with E-state index >= 15 is 0 Å². The van der Waals surface area contributed by atoms with Gasteiger partial charge in [-0.05, 0) is 19.9 Å². The summed E-state index contributed by atoms with van der Waals surface area (Å²) in [7, 11) is 1.69. The molecule has 5 heteroatoms. The molecule has 1 aliphatic heterocycles. The number of hydrogen-bond acceptors (Lipinski definition) is 5. The largest absolute Gasteiger partial charge is 0.507 e. The molecule has 5 nitrogen and oxygen atoms in total. The van der Waals surface area contributed by atoms with Crippen LogP contribution in [0.25, 0.3) is 0 Å². The van der Waals surface area contributed by atoms with E-state index in [1.54, 1.807) is 13.2 Å². The van der Waals surface area contributed by atoms with Gasteiger partial charge in [0.05, 0.1) is 6.61 Å². The highest BCUT2D eigenvalue weighted by Gasteiger charge is 2.19. The Balaban J connectivity index is 2.12. The maximum atomic E-state index is 10.0. The van der Waals surface area contributed by atoms with Crippen molar-refractivity contribution in [1.82, 2.24) is 4.90 Å². The van der Waals surface area contributed by atoms with Gasteiger partial charge >= 0.3 is 0 Å². The van der Waals surface area contributed by atoms with Gasteiger partial charge in [0.15, 0.2) is 11.5 Å². The molecule has 19 heavy (non-hydrogen) atoms. The Morgan fingerprint density at radius 1 is 1.32 bits per heavy atom. The van der Waals surface area contributed by atoms with Crippen LogP contribution in [0.1, 0.15) is 19.4 Å². The smallest absolute Gasteiger partial charge is 0.231 e. The Morgan fingerprint density at radius 2 is 2.00 bits per heavy atom. The van der Waals surface area contributed by atoms with Crippen molar-refractivity contribution in [1.29, 1.82) is 0 Å². The predicted octanol–water partition coefficient (Wildman–Crippen LogP) is 1.98. The first-order valence-corrected chi connectivity index (χ1v) is 6.46. The molecule has 106 valence electrons. The third-order valence-corrected chi connectivity index (χ3v) is 3.26. The fourth-order valence-electron chi connectivity index (χ4n) is 2.05. The summed E-state index contributed by atoms with van der Waals surface area (Å²) in [5.41, 5.74) is 0.842. The molecule has 1 aromatic carbocycles. The summed E-state index contributed by atoms with van der Waals surface area (Å²) in [6, 6.07) is 3.84. The lowest BCUT2D eigenvalue weighted by atomic mass is 10.1. The van der Waals surface area contributed by atoms with Crippen molar-refractivity contribution in [3.63, 3.8) is 0 Å². The summed E-state index contributed by atoms with van der Waals surface area (Å²) in [4.78, 5) is 2.24. The molecule has 0 unspecified atom stereocenters. The topological polar surface area (TPSA) is 51.2 Å². The first-order chi connectivity index (χ1) is 9.11. The number of benzene rings is 1. The Bertz CT molecular complexity index is 434. The van der Waals surface area contributed by atoms with E-state index in [0.717, 1.165) is 12.1 Å². The van der Waals surface area contributed by atoms with Gasteiger partial charge < -0.3 is 19.3 Å². The van der Waals surface area contributed by atoms with Crippen molar-refractivity contribution >= 4 is 0 Å². The van der Waals surface area contributed by atoms with E-state index in [1.165, 1.54) is 0 Å². The van der Waals surface area contributed by atoms with Crippen LogP contribution < -0.4 is 9.47 Å². The standard InChI is InChI=1S/C14H21NO4/c1-10(2)15(4-5-17-3)8-11-6-13-14(7-12(11)16)19-9-18-13/h6-7,10,16H,4-5,8-9H2,1-3H3. The lowest BCUT2D eigenvalue weighted by molar-refractivity contribution is 0.124. The number of hydrogen-bond donors (Lipinski definition) is 1. The Morgan fingerprint density at radius 3 is 2.63 bits per heavy atom. The first kappa shape index (κ1) is 14.0. The summed E-state index contributed by atoms with van der Waals surface area (Å²) in [5, 5.41) is 10.0. The van der Waals surface area contributed by atoms with Crippen LogP contribution in [-0.2, 0) is 11.3 Å². The SMILES string of the molecule is COCCN(Cc1cc2c(cc1O)OCO2)C(C)C. The number of phenolic OH excluding ortho intramolecular Hbond substituents is 1. The molecule has 2 rings (SSSR count). The van der Waals surface area contributed by atoms with E-state index < -0.39 is 0 Å². The van der Waals surface area contributed by atoms with Crippen LogP contribution in [0, 0.1) is 0 Å². The molecule has 1 heterocycles. The molecule has 0 amide bonds. The summed E-state index contributed by atoms with van der Waals surface area (Å²) >= 11 is 0. The third-order valence-electron chi connectivity index (χ3n) is 3.26. The Hall–Kier alpha value is -1.46. The number of fused-ring (bicyclic) bond motifs is 1. The molecule has 0 radical (unpaired) electrons. The number of methoxy groups -OCH3 is 1. The van der Waals surface area contributed by atoms with Crippen molar-refractivity contribution in [3.8, 4) is 17.2 Å². The normalized spacial score (nSPS) is 13.5. The van der Waals surface area contributed by atoms with Crippen LogP contribution in [0.3, 0.4) is 0 Å². The zero-order valence-corrected chi connectivity index (χ0v) is 11.7. The fraction of sp³-hybridized carbons (Fsp3) is 0.571. The lowest BCUT2D eigenvalue weighted by Crippen LogP contribution is -2.33. The average molecular weight is 267 g/mol. The predicted molar refractivity (Wildman–Crippen MR) is 71.7 cm³/mol. The molecule has 1 N–H and O–H groups in total. The summed E-state index contributed by atoms with van der Waals surface area (Å²) in [6.45, 7) is 6.62. The molecule has 0 saturated heterocycles. The molecule has 0 aliphatic carbocycles. The van der Waals surface area contributed by atoms with Crippen LogP contribution >= 0.6 is 0 Å². The van der Waals surface area contributed by atoms with Crippen LogP contribution in [0.2, 0.25) is 0 Å². The average Bonchev–Trinajstić information content (AvgIpc) is 2.81. The molecule has 0 fully saturated rings. The number of nitrogens with zero attached hydrogens (tertiary/aromatic N) is 1. The second kappa shape index (κ2) is 6.12. The van der Waals surface area contributed by atoms with Crippen molar-refractivity contribution in [2.24, 2.45) is 0 Å². The highest BCUT2D eigenvalue weighted by atomic mass is 16.7. The van der Waals surface area contributed by atoms with Gasteiger partial charge in [0.1, 0.15) is 5.75 Å². The van der Waals surface area contributed by atoms with Crippen molar-refractivity contribution in [3.05, 3.63) is 17.7 Å². The van der Waals surface area contributed by atoms with E-state index in [0.29, 0.717) is 30.7 Å². The molecule has 0 bridgehead atoms. The Kier molecular flexibility index (Phi) is 4.50. The third kappa shape index (κ3) is 3.30. The number of phenols is 1. The van der Waals surface area contributed by atoms with Crippen LogP contribution in [-0.4, -0.2) is 43.1 Å². The number of ether oxygens (including phenoxy) is 3. The van der Waals surface area contributed by atoms with Gasteiger partial charge in [-0.15, -0.1) is 0 Å². The van der Waals surface area contributed by atoms with E-state index in [2.05, 4.69) is 18.7 Å². The van der Waals surface area contributed by atoms with E-state index in [9.17, 15) is 5.11 Å². The lowest BCUT2D eigenvalue weighted by Gasteiger charge is -2.26. The van der Waals surface area contributed by atoms with Gasteiger partial charge in [-0.2, -0.15) is 0 Å². The number of rotatable bonds is 6. The molecule has 0 saturated carbocycles. The van der Waals surface area contributed by atoms with E-state index in [-0.39, 0.29) is 12.5 Å². The van der Waals surface area contributed by atoms with Gasteiger partial charge in [-0.3, -0.25) is 4.90 Å². The van der Waals surface area contributed by atoms with Gasteiger partial charge in [-0.1, -0.05) is 0 Å². The van der Waals surface area contributed by atoms with Gasteiger partial charge in [0.25, 0.3) is 0 Å². The molecular weight excluding hydrogens is 246 g/mol. The molecule has 1 aromatic rings. The Labute approximate surface area is 113 Å². The van der Waals surface area contributed by atoms with Crippen molar-refractivity contribution < 1.29 is 19.3 Å². The van der Waals surface area contributed by atoms with Gasteiger partial charge in [0.2, 0.25) is 6.79 Å². The van der Waals surface area contributed by atoms with Gasteiger partial charge in [0, 0.05) is 37.9 Å². The maximum absolute atomic E-state index is 10.0. The van der Waals surface area contributed by atoms with Gasteiger partial charge in [-0.25, -0.2) is 0 Å². The highest BCUT2D eigenvalue weighted by molar-refractivity contribution is 5.51. The molecular formula is C14H21NO4. The number of aromatic hydroxyl groups is 1. The quantitative estimate of drug-likeness (QED) is 0.854. The fourth-order valence-corrected chi connectivity index (χ4v) is 2.05. The molecule has 0 aromatic heterocycles. The summed E-state index contributed by atoms with van der Waals surface area (Å²) < 4.78 is 15.7. The first-order valence-electron chi connectivity index (χ1n) is 6.46. The second-order valence-electron chi connectivity index (χ2n) is 4.89. The zero-order chi connectivity index (χ0) is 13.8. The van der Waals surface area contributed by atoms with E-state index in [4.69, 9.17) is 14.2 Å². The highest BCUT2D eigenvalue weighted by Crippen LogP contribution is 2.38. The van der Waals surface area contributed by atoms with Crippen LogP contribution in [0.15, 0.2) is 12.1 Å². The van der Waals surface area contributed by atoms with Crippen LogP contribution in [0.4, 0.5) is 0 Å². The molecule has 0 spiro atoms. The maximum Gasteiger partial charge on any atom is 0.231 e. The summed E-state index contributed by atoms with van der Waals surface area (Å²) in [5.74, 6) is 1.55. The molecule has 0 atom stereocenters. The minimum Gasteiger partial charge on any atom is -0.507 e. The molecule has 1 aliphatic rings. The second-order valence-corrected chi connectivity index (χ2v) is 4.89. The van der Waals surface area contributed by atoms with Crippen LogP contribution in [0.5, 0.6) is 17.2 Å². The minimum atomic E-state index is 0.218. The monoisotopic (exact) mass is 267 g/mol. The zero-order valence-electron chi connectivity index (χ0n) is 11.7. The summed E-state index contributed by atoms with van der Waals surface area (Å²) in [6.07, 6.45) is 0. The van der Waals surface area contributed by atoms with Crippen molar-refractivity contribution in [2.45, 2.75) is 26.4 Å². The van der Waals surface area contributed by atoms with E-state index in [1.807, 2.05) is 6.07 Å². The minimum absolute atomic E-state index is 0.218. The van der Waals surface area contributed by atoms with Crippen molar-refractivity contribution in [2.75, 3.05) is 27.1 Å².